The summed E-state index contributed by atoms with van der Waals surface area (Å²) in [5.74, 6) is 0. The summed E-state index contributed by atoms with van der Waals surface area (Å²) in [6, 6.07) is 0. The highest BCUT2D eigenvalue weighted by atomic mass is 31.1. The molecular weight excluding hydrogens is 386 g/mol. The molecule has 166 valence electrons. The Labute approximate surface area is 185 Å². The van der Waals surface area contributed by atoms with E-state index in [1.807, 2.05) is 10.9 Å². The zero-order chi connectivity index (χ0) is 21.2. The molecule has 2 saturated carbocycles. The van der Waals surface area contributed by atoms with Gasteiger partial charge in [-0.25, -0.2) is 0 Å². The van der Waals surface area contributed by atoms with Crippen molar-refractivity contribution in [2.45, 2.75) is 146 Å². The summed E-state index contributed by atoms with van der Waals surface area (Å²) in [6.45, 7) is 17.7. The largest absolute Gasteiger partial charge is 0.0885 e. The summed E-state index contributed by atoms with van der Waals surface area (Å²) in [4.78, 5) is 0. The van der Waals surface area contributed by atoms with Crippen molar-refractivity contribution >= 4 is 15.8 Å². The van der Waals surface area contributed by atoms with Gasteiger partial charge in [0.25, 0.3) is 0 Å². The molecular formula is C27H48P2. The molecule has 0 heterocycles. The Kier molecular flexibility index (Phi) is 8.16. The number of hydrogen-bond acceptors (Lipinski definition) is 0. The van der Waals surface area contributed by atoms with Crippen LogP contribution in [0.5, 0.6) is 0 Å². The molecule has 2 fully saturated rings. The van der Waals surface area contributed by atoms with Gasteiger partial charge in [0.15, 0.2) is 0 Å². The van der Waals surface area contributed by atoms with E-state index in [-0.39, 0.29) is 15.8 Å². The Morgan fingerprint density at radius 2 is 1.21 bits per heavy atom. The fourth-order valence-electron chi connectivity index (χ4n) is 6.88. The van der Waals surface area contributed by atoms with E-state index in [1.165, 1.54) is 70.6 Å². The van der Waals surface area contributed by atoms with E-state index < -0.39 is 0 Å². The van der Waals surface area contributed by atoms with Crippen molar-refractivity contribution in [3.05, 3.63) is 23.0 Å². The van der Waals surface area contributed by atoms with Crippen molar-refractivity contribution in [3.8, 4) is 0 Å². The van der Waals surface area contributed by atoms with Crippen molar-refractivity contribution in [2.75, 3.05) is 0 Å². The van der Waals surface area contributed by atoms with Crippen LogP contribution in [-0.4, -0.2) is 27.3 Å². The molecule has 0 aromatic heterocycles. The molecule has 3 aliphatic rings. The standard InChI is InChI=1S/C27H48P2/c1-21(29(26(2,3)4)27(5,6)7)24-19-14-20-25(24)28(22-15-10-8-11-16-22)23-17-12-9-13-18-23/h14,20-23H,8-13,15-19H2,1-7H3/t21-/m0/s1. The first kappa shape index (κ1) is 24.0. The molecule has 0 saturated heterocycles. The van der Waals surface area contributed by atoms with Crippen LogP contribution in [-0.2, 0) is 0 Å². The summed E-state index contributed by atoms with van der Waals surface area (Å²) in [5.41, 5.74) is 4.69. The fraction of sp³-hybridized carbons (Fsp3) is 0.852. The van der Waals surface area contributed by atoms with Gasteiger partial charge in [0, 0.05) is 0 Å². The van der Waals surface area contributed by atoms with Crippen LogP contribution in [0.2, 0.25) is 0 Å². The van der Waals surface area contributed by atoms with Gasteiger partial charge in [-0.2, -0.15) is 0 Å². The summed E-state index contributed by atoms with van der Waals surface area (Å²) in [6.07, 6.45) is 21.5. The highest BCUT2D eigenvalue weighted by molar-refractivity contribution is 7.64. The summed E-state index contributed by atoms with van der Waals surface area (Å²) in [5, 5.41) is 2.71. The Balaban J connectivity index is 1.97. The minimum atomic E-state index is -0.0888. The lowest BCUT2D eigenvalue weighted by Crippen LogP contribution is -2.31. The smallest absolute Gasteiger partial charge is 0.000586 e. The molecule has 29 heavy (non-hydrogen) atoms. The lowest BCUT2D eigenvalue weighted by atomic mass is 9.99. The van der Waals surface area contributed by atoms with Gasteiger partial charge < -0.3 is 0 Å². The lowest BCUT2D eigenvalue weighted by molar-refractivity contribution is 0.486. The topological polar surface area (TPSA) is 0 Å². The maximum Gasteiger partial charge on any atom is -0.000586 e. The predicted molar refractivity (Wildman–Crippen MR) is 137 cm³/mol. The van der Waals surface area contributed by atoms with Gasteiger partial charge in [-0.05, 0) is 64.7 Å². The minimum absolute atomic E-state index is 0.0368. The second-order valence-electron chi connectivity index (χ2n) is 11.9. The van der Waals surface area contributed by atoms with Gasteiger partial charge >= 0.3 is 0 Å². The molecule has 0 radical (unpaired) electrons. The molecule has 0 aliphatic heterocycles. The van der Waals surface area contributed by atoms with Crippen LogP contribution in [0.3, 0.4) is 0 Å². The highest BCUT2D eigenvalue weighted by Crippen LogP contribution is 2.68. The fourth-order valence-corrected chi connectivity index (χ4v) is 16.0. The first-order valence-corrected chi connectivity index (χ1v) is 15.5. The van der Waals surface area contributed by atoms with Crippen LogP contribution < -0.4 is 0 Å². The number of rotatable bonds is 5. The van der Waals surface area contributed by atoms with E-state index in [1.54, 1.807) is 0 Å². The minimum Gasteiger partial charge on any atom is -0.0885 e. The summed E-state index contributed by atoms with van der Waals surface area (Å²) >= 11 is 0. The van der Waals surface area contributed by atoms with Crippen molar-refractivity contribution in [3.63, 3.8) is 0 Å². The van der Waals surface area contributed by atoms with Gasteiger partial charge in [0.2, 0.25) is 0 Å². The predicted octanol–water partition coefficient (Wildman–Crippen LogP) is 9.82. The van der Waals surface area contributed by atoms with E-state index in [0.29, 0.717) is 10.3 Å². The lowest BCUT2D eigenvalue weighted by Gasteiger charge is -2.47. The molecule has 0 nitrogen and oxygen atoms in total. The van der Waals surface area contributed by atoms with Crippen LogP contribution >= 0.6 is 15.8 Å². The second-order valence-corrected chi connectivity index (χ2v) is 18.9. The third-order valence-corrected chi connectivity index (χ3v) is 15.1. The average Bonchev–Trinajstić information content (AvgIpc) is 3.11. The molecule has 3 rings (SSSR count). The van der Waals surface area contributed by atoms with Gasteiger partial charge in [0.1, 0.15) is 0 Å². The van der Waals surface area contributed by atoms with E-state index >= 15 is 0 Å². The average molecular weight is 435 g/mol. The van der Waals surface area contributed by atoms with Crippen molar-refractivity contribution in [2.24, 2.45) is 0 Å². The molecule has 0 amide bonds. The number of allylic oxidation sites excluding steroid dienone is 4. The molecule has 3 aliphatic carbocycles. The molecule has 0 bridgehead atoms. The summed E-state index contributed by atoms with van der Waals surface area (Å²) < 4.78 is 0. The van der Waals surface area contributed by atoms with Crippen LogP contribution in [0, 0.1) is 0 Å². The molecule has 2 heteroatoms. The van der Waals surface area contributed by atoms with E-state index in [4.69, 9.17) is 0 Å². The van der Waals surface area contributed by atoms with Gasteiger partial charge in [0.05, 0.1) is 0 Å². The zero-order valence-electron chi connectivity index (χ0n) is 20.6. The van der Waals surface area contributed by atoms with Crippen molar-refractivity contribution < 1.29 is 0 Å². The zero-order valence-corrected chi connectivity index (χ0v) is 22.3. The first-order chi connectivity index (χ1) is 13.6. The van der Waals surface area contributed by atoms with E-state index in [9.17, 15) is 0 Å². The molecule has 0 spiro atoms. The van der Waals surface area contributed by atoms with Crippen molar-refractivity contribution in [1.82, 2.24) is 0 Å². The summed E-state index contributed by atoms with van der Waals surface area (Å²) in [7, 11) is -0.0519. The van der Waals surface area contributed by atoms with Crippen LogP contribution in [0.25, 0.3) is 0 Å². The first-order valence-electron chi connectivity index (χ1n) is 12.6. The second kappa shape index (κ2) is 9.86. The van der Waals surface area contributed by atoms with Gasteiger partial charge in [-0.15, -0.1) is 0 Å². The van der Waals surface area contributed by atoms with Gasteiger partial charge in [-0.1, -0.05) is 121 Å². The highest BCUT2D eigenvalue weighted by Gasteiger charge is 2.42. The monoisotopic (exact) mass is 434 g/mol. The maximum atomic E-state index is 2.64. The molecule has 0 aromatic rings. The van der Waals surface area contributed by atoms with Crippen LogP contribution in [0.1, 0.15) is 119 Å². The molecule has 0 unspecified atom stereocenters. The van der Waals surface area contributed by atoms with Crippen molar-refractivity contribution in [1.29, 1.82) is 0 Å². The molecule has 1 atom stereocenters. The SMILES string of the molecule is C[C@@H](C1=C(P(C2CCCCC2)C2CCCCC2)C=CC1)P(C(C)(C)C)C(C)(C)C. The van der Waals surface area contributed by atoms with Gasteiger partial charge in [-0.3, -0.25) is 0 Å². The third kappa shape index (κ3) is 5.78. The molecule has 0 N–H and O–H groups in total. The quantitative estimate of drug-likeness (QED) is 0.378. The number of hydrogen-bond donors (Lipinski definition) is 0. The third-order valence-electron chi connectivity index (χ3n) is 7.49. The van der Waals surface area contributed by atoms with E-state index in [0.717, 1.165) is 17.0 Å². The van der Waals surface area contributed by atoms with Crippen LogP contribution in [0.15, 0.2) is 23.0 Å². The van der Waals surface area contributed by atoms with E-state index in [2.05, 4.69) is 60.6 Å². The Morgan fingerprint density at radius 1 is 0.759 bits per heavy atom. The Hall–Kier alpha value is 0.340. The molecule has 0 aromatic carbocycles. The maximum absolute atomic E-state index is 2.64. The normalized spacial score (nSPS) is 24.2. The van der Waals surface area contributed by atoms with Crippen LogP contribution in [0.4, 0.5) is 0 Å². The Morgan fingerprint density at radius 3 is 1.62 bits per heavy atom. The Bertz CT molecular complexity index is 557.